The van der Waals surface area contributed by atoms with E-state index in [1.54, 1.807) is 11.3 Å². The molecule has 1 aromatic carbocycles. The molecule has 1 N–H and O–H groups in total. The quantitative estimate of drug-likeness (QED) is 0.688. The zero-order valence-electron chi connectivity index (χ0n) is 16.3. The minimum Gasteiger partial charge on any atom is -0.486 e. The van der Waals surface area contributed by atoms with Gasteiger partial charge in [0, 0.05) is 18.5 Å². The molecule has 1 saturated heterocycles. The van der Waals surface area contributed by atoms with E-state index in [1.165, 1.54) is 6.42 Å². The maximum Gasteiger partial charge on any atom is 0.257 e. The van der Waals surface area contributed by atoms with Crippen LogP contribution in [0.5, 0.6) is 5.75 Å². The van der Waals surface area contributed by atoms with Gasteiger partial charge in [0.1, 0.15) is 12.4 Å². The first-order valence-corrected chi connectivity index (χ1v) is 10.1. The largest absolute Gasteiger partial charge is 0.486 e. The number of nitrogens with one attached hydrogen (secondary N) is 1. The molecule has 0 radical (unpaired) electrons. The number of likely N-dealkylation sites (tertiary alicyclic amines) is 1. The van der Waals surface area contributed by atoms with E-state index < -0.39 is 0 Å². The topological polar surface area (TPSA) is 54.5 Å². The lowest BCUT2D eigenvalue weighted by Gasteiger charge is -2.32. The van der Waals surface area contributed by atoms with Crippen LogP contribution < -0.4 is 10.1 Å². The number of piperidine rings is 1. The number of rotatable bonds is 7. The highest BCUT2D eigenvalue weighted by atomic mass is 35.5. The second kappa shape index (κ2) is 12.3. The number of ether oxygens (including phenoxy) is 1. The lowest BCUT2D eigenvalue weighted by molar-refractivity contribution is 0.0682. The molecule has 0 aliphatic carbocycles. The number of thiazole rings is 1. The summed E-state index contributed by atoms with van der Waals surface area (Å²) in [7, 11) is 1.99. The lowest BCUT2D eigenvalue weighted by atomic mass is 9.93. The molecule has 1 aliphatic rings. The molecule has 156 valence electrons. The van der Waals surface area contributed by atoms with Crippen LogP contribution in [0.1, 0.15) is 40.3 Å². The fraction of sp³-hybridized carbons (Fsp3) is 0.500. The van der Waals surface area contributed by atoms with Gasteiger partial charge in [-0.1, -0.05) is 12.1 Å². The third-order valence-electron chi connectivity index (χ3n) is 4.86. The summed E-state index contributed by atoms with van der Waals surface area (Å²) in [4.78, 5) is 19.4. The molecule has 1 aliphatic heterocycles. The number of para-hydroxylation sites is 1. The third-order valence-corrected chi connectivity index (χ3v) is 5.69. The summed E-state index contributed by atoms with van der Waals surface area (Å²) in [5.74, 6) is 1.42. The minimum atomic E-state index is 0. The standard InChI is InChI=1S/C20H27N3O2S.2ClH/c1-15-22-17(14-26-15)13-25-19-6-4-3-5-18(19)20(24)23-11-8-16(9-12-23)7-10-21-2;;/h3-6,14,16,21H,7-13H2,1-2H3;2*1H. The van der Waals surface area contributed by atoms with E-state index in [1.807, 2.05) is 48.5 Å². The van der Waals surface area contributed by atoms with Crippen molar-refractivity contribution in [3.63, 3.8) is 0 Å². The average Bonchev–Trinajstić information content (AvgIpc) is 3.10. The summed E-state index contributed by atoms with van der Waals surface area (Å²) >= 11 is 1.61. The van der Waals surface area contributed by atoms with Crippen LogP contribution in [0.15, 0.2) is 29.6 Å². The highest BCUT2D eigenvalue weighted by Gasteiger charge is 2.25. The third kappa shape index (κ3) is 6.62. The highest BCUT2D eigenvalue weighted by molar-refractivity contribution is 7.09. The van der Waals surface area contributed by atoms with Crippen LogP contribution in [0.25, 0.3) is 0 Å². The Morgan fingerprint density at radius 1 is 1.29 bits per heavy atom. The summed E-state index contributed by atoms with van der Waals surface area (Å²) in [6.45, 7) is 5.07. The first kappa shape index (κ1) is 24.7. The molecule has 3 rings (SSSR count). The Morgan fingerprint density at radius 2 is 2.00 bits per heavy atom. The van der Waals surface area contributed by atoms with Crippen molar-refractivity contribution in [2.45, 2.75) is 32.8 Å². The number of carbonyl (C=O) groups excluding carboxylic acids is 1. The predicted octanol–water partition coefficient (Wildman–Crippen LogP) is 4.34. The average molecular weight is 446 g/mol. The van der Waals surface area contributed by atoms with E-state index in [0.717, 1.165) is 43.2 Å². The molecule has 2 aromatic rings. The van der Waals surface area contributed by atoms with Gasteiger partial charge in [-0.2, -0.15) is 0 Å². The summed E-state index contributed by atoms with van der Waals surface area (Å²) in [6, 6.07) is 7.53. The van der Waals surface area contributed by atoms with Gasteiger partial charge in [0.05, 0.1) is 16.3 Å². The Bertz CT molecular complexity index is 734. The van der Waals surface area contributed by atoms with Crippen LogP contribution in [-0.2, 0) is 6.61 Å². The van der Waals surface area contributed by atoms with E-state index in [-0.39, 0.29) is 30.7 Å². The summed E-state index contributed by atoms with van der Waals surface area (Å²) in [5, 5.41) is 6.23. The molecule has 0 atom stereocenters. The van der Waals surface area contributed by atoms with Crippen molar-refractivity contribution in [3.05, 3.63) is 45.9 Å². The monoisotopic (exact) mass is 445 g/mol. The fourth-order valence-corrected chi connectivity index (χ4v) is 3.94. The van der Waals surface area contributed by atoms with Crippen LogP contribution in [0.3, 0.4) is 0 Å². The first-order valence-electron chi connectivity index (χ1n) is 9.24. The Kier molecular flexibility index (Phi) is 10.8. The van der Waals surface area contributed by atoms with Gasteiger partial charge in [-0.3, -0.25) is 4.79 Å². The van der Waals surface area contributed by atoms with Gasteiger partial charge in [0.25, 0.3) is 5.91 Å². The molecule has 28 heavy (non-hydrogen) atoms. The molecule has 0 spiro atoms. The summed E-state index contributed by atoms with van der Waals surface area (Å²) in [5.41, 5.74) is 1.55. The van der Waals surface area contributed by atoms with Crippen molar-refractivity contribution in [3.8, 4) is 5.75 Å². The molecule has 1 fully saturated rings. The molecule has 0 saturated carbocycles. The van der Waals surface area contributed by atoms with Gasteiger partial charge in [-0.15, -0.1) is 36.2 Å². The van der Waals surface area contributed by atoms with E-state index in [2.05, 4.69) is 10.3 Å². The number of nitrogens with zero attached hydrogens (tertiary/aromatic N) is 2. The Balaban J connectivity index is 0.00000196. The fourth-order valence-electron chi connectivity index (χ4n) is 3.34. The minimum absolute atomic E-state index is 0. The normalized spacial score (nSPS) is 14.1. The Labute approximate surface area is 183 Å². The van der Waals surface area contributed by atoms with E-state index >= 15 is 0 Å². The molecule has 5 nitrogen and oxygen atoms in total. The molecule has 1 aromatic heterocycles. The van der Waals surface area contributed by atoms with Crippen LogP contribution in [0.2, 0.25) is 0 Å². The number of hydrogen-bond acceptors (Lipinski definition) is 5. The number of carbonyl (C=O) groups is 1. The second-order valence-electron chi connectivity index (χ2n) is 6.77. The van der Waals surface area contributed by atoms with Crippen molar-refractivity contribution in [1.82, 2.24) is 15.2 Å². The van der Waals surface area contributed by atoms with Gasteiger partial charge >= 0.3 is 0 Å². The molecular weight excluding hydrogens is 417 g/mol. The van der Waals surface area contributed by atoms with Gasteiger partial charge in [-0.25, -0.2) is 4.98 Å². The van der Waals surface area contributed by atoms with Crippen LogP contribution in [0, 0.1) is 12.8 Å². The van der Waals surface area contributed by atoms with Gasteiger partial charge in [0.2, 0.25) is 0 Å². The predicted molar refractivity (Wildman–Crippen MR) is 119 cm³/mol. The molecular formula is C20H29Cl2N3O2S. The van der Waals surface area contributed by atoms with E-state index in [0.29, 0.717) is 23.8 Å². The Morgan fingerprint density at radius 3 is 2.64 bits per heavy atom. The first-order chi connectivity index (χ1) is 12.7. The zero-order chi connectivity index (χ0) is 18.4. The van der Waals surface area contributed by atoms with Crippen molar-refractivity contribution in [2.75, 3.05) is 26.7 Å². The van der Waals surface area contributed by atoms with Crippen LogP contribution >= 0.6 is 36.2 Å². The lowest BCUT2D eigenvalue weighted by Crippen LogP contribution is -2.39. The number of amides is 1. The highest BCUT2D eigenvalue weighted by Crippen LogP contribution is 2.25. The maximum atomic E-state index is 13.0. The SMILES string of the molecule is CNCCC1CCN(C(=O)c2ccccc2OCc2csc(C)n2)CC1.Cl.Cl. The molecule has 0 bridgehead atoms. The van der Waals surface area contributed by atoms with Gasteiger partial charge < -0.3 is 15.0 Å². The van der Waals surface area contributed by atoms with Crippen molar-refractivity contribution >= 4 is 42.1 Å². The number of aromatic nitrogens is 1. The number of benzene rings is 1. The second-order valence-corrected chi connectivity index (χ2v) is 7.83. The number of hydrogen-bond donors (Lipinski definition) is 1. The summed E-state index contributed by atoms with van der Waals surface area (Å²) < 4.78 is 5.91. The van der Waals surface area contributed by atoms with E-state index in [9.17, 15) is 4.79 Å². The summed E-state index contributed by atoms with van der Waals surface area (Å²) in [6.07, 6.45) is 3.34. The number of halogens is 2. The van der Waals surface area contributed by atoms with Crippen LogP contribution in [0.4, 0.5) is 0 Å². The number of aryl methyl sites for hydroxylation is 1. The maximum absolute atomic E-state index is 13.0. The van der Waals surface area contributed by atoms with Gasteiger partial charge in [0.15, 0.2) is 0 Å². The van der Waals surface area contributed by atoms with Crippen molar-refractivity contribution in [1.29, 1.82) is 0 Å². The van der Waals surface area contributed by atoms with E-state index in [4.69, 9.17) is 4.74 Å². The Hall–Kier alpha value is -1.34. The zero-order valence-corrected chi connectivity index (χ0v) is 18.8. The van der Waals surface area contributed by atoms with Crippen molar-refractivity contribution < 1.29 is 9.53 Å². The molecule has 0 unspecified atom stereocenters. The van der Waals surface area contributed by atoms with Crippen LogP contribution in [-0.4, -0.2) is 42.5 Å². The van der Waals surface area contributed by atoms with Gasteiger partial charge in [-0.05, 0) is 57.8 Å². The molecule has 1 amide bonds. The smallest absolute Gasteiger partial charge is 0.257 e. The molecule has 8 heteroatoms. The van der Waals surface area contributed by atoms with Crippen molar-refractivity contribution in [2.24, 2.45) is 5.92 Å². The molecule has 2 heterocycles.